The molecule has 0 radical (unpaired) electrons. The van der Waals surface area contributed by atoms with Crippen LogP contribution < -0.4 is 0 Å². The molecule has 0 aromatic carbocycles. The van der Waals surface area contributed by atoms with Gasteiger partial charge < -0.3 is 4.52 Å². The Bertz CT molecular complexity index is 386. The van der Waals surface area contributed by atoms with Gasteiger partial charge in [0.05, 0.1) is 5.69 Å². The van der Waals surface area contributed by atoms with Crippen LogP contribution in [0.1, 0.15) is 45.1 Å². The summed E-state index contributed by atoms with van der Waals surface area (Å²) < 4.78 is 5.15. The summed E-state index contributed by atoms with van der Waals surface area (Å²) in [5.74, 6) is 0.901. The first-order valence-corrected chi connectivity index (χ1v) is 7.54. The Balaban J connectivity index is 1.89. The summed E-state index contributed by atoms with van der Waals surface area (Å²) in [6.07, 6.45) is 2.51. The normalized spacial score (nSPS) is 22.3. The molecule has 2 rings (SSSR count). The number of aryl methyl sites for hydroxylation is 1. The first-order valence-electron chi connectivity index (χ1n) is 7.54. The quantitative estimate of drug-likeness (QED) is 0.819. The van der Waals surface area contributed by atoms with Crippen molar-refractivity contribution in [1.29, 1.82) is 0 Å². The molecule has 0 aliphatic carbocycles. The van der Waals surface area contributed by atoms with Crippen molar-refractivity contribution in [2.24, 2.45) is 0 Å². The molecule has 0 N–H and O–H groups in total. The van der Waals surface area contributed by atoms with E-state index in [1.807, 2.05) is 13.0 Å². The number of aromatic nitrogens is 1. The van der Waals surface area contributed by atoms with Crippen LogP contribution in [0.5, 0.6) is 0 Å². The van der Waals surface area contributed by atoms with Gasteiger partial charge in [0.1, 0.15) is 5.76 Å². The molecule has 108 valence electrons. The van der Waals surface area contributed by atoms with Crippen LogP contribution in [-0.2, 0) is 6.54 Å². The first kappa shape index (κ1) is 14.5. The Kier molecular flexibility index (Phi) is 4.99. The zero-order valence-electron chi connectivity index (χ0n) is 12.7. The molecule has 1 unspecified atom stereocenters. The van der Waals surface area contributed by atoms with E-state index in [1.54, 1.807) is 0 Å². The molecule has 19 heavy (non-hydrogen) atoms. The Morgan fingerprint density at radius 3 is 2.63 bits per heavy atom. The van der Waals surface area contributed by atoms with Crippen molar-refractivity contribution in [1.82, 2.24) is 15.0 Å². The molecule has 1 fully saturated rings. The van der Waals surface area contributed by atoms with Crippen LogP contribution in [0.3, 0.4) is 0 Å². The number of piperazine rings is 1. The molecule has 4 heteroatoms. The largest absolute Gasteiger partial charge is 0.361 e. The van der Waals surface area contributed by atoms with Gasteiger partial charge in [-0.1, -0.05) is 19.0 Å². The number of hydrogen-bond acceptors (Lipinski definition) is 4. The van der Waals surface area contributed by atoms with Gasteiger partial charge >= 0.3 is 0 Å². The van der Waals surface area contributed by atoms with E-state index in [1.165, 1.54) is 25.9 Å². The third-order valence-electron chi connectivity index (χ3n) is 4.30. The highest BCUT2D eigenvalue weighted by molar-refractivity contribution is 5.04. The Hall–Kier alpha value is -0.870. The number of rotatable bonds is 5. The predicted octanol–water partition coefficient (Wildman–Crippen LogP) is 2.68. The minimum absolute atomic E-state index is 0.589. The van der Waals surface area contributed by atoms with Crippen molar-refractivity contribution in [3.8, 4) is 0 Å². The summed E-state index contributed by atoms with van der Waals surface area (Å²) in [7, 11) is 0. The summed E-state index contributed by atoms with van der Waals surface area (Å²) in [6, 6.07) is 3.38. The molecule has 1 aromatic rings. The Labute approximate surface area is 116 Å². The van der Waals surface area contributed by atoms with Crippen molar-refractivity contribution < 1.29 is 4.52 Å². The van der Waals surface area contributed by atoms with Crippen LogP contribution in [0.2, 0.25) is 0 Å². The van der Waals surface area contributed by atoms with E-state index in [2.05, 4.69) is 35.7 Å². The molecule has 1 aliphatic rings. The highest BCUT2D eigenvalue weighted by Crippen LogP contribution is 2.18. The van der Waals surface area contributed by atoms with Gasteiger partial charge in [0.2, 0.25) is 0 Å². The van der Waals surface area contributed by atoms with Crippen molar-refractivity contribution in [2.45, 2.75) is 59.2 Å². The molecule has 0 bridgehead atoms. The van der Waals surface area contributed by atoms with Crippen molar-refractivity contribution >= 4 is 0 Å². The van der Waals surface area contributed by atoms with Gasteiger partial charge in [0, 0.05) is 44.3 Å². The number of hydrogen-bond donors (Lipinski definition) is 0. The van der Waals surface area contributed by atoms with Crippen molar-refractivity contribution in [3.05, 3.63) is 17.5 Å². The minimum atomic E-state index is 0.589. The van der Waals surface area contributed by atoms with Gasteiger partial charge in [0.25, 0.3) is 0 Å². The molecule has 1 aliphatic heterocycles. The van der Waals surface area contributed by atoms with Gasteiger partial charge in [-0.3, -0.25) is 9.80 Å². The molecule has 2 heterocycles. The summed E-state index contributed by atoms with van der Waals surface area (Å²) in [5, 5.41) is 4.10. The standard InChI is InChI=1S/C15H27N3O/c1-5-15(6-2)18-8-7-17(12(3)10-18)11-14-9-13(4)19-16-14/h9,12,15H,5-8,10-11H2,1-4H3. The fraction of sp³-hybridized carbons (Fsp3) is 0.800. The van der Waals surface area contributed by atoms with Gasteiger partial charge in [-0.15, -0.1) is 0 Å². The minimum Gasteiger partial charge on any atom is -0.361 e. The SMILES string of the molecule is CCC(CC)N1CCN(Cc2cc(C)on2)C(C)C1. The summed E-state index contributed by atoms with van der Waals surface area (Å²) in [5.41, 5.74) is 1.06. The maximum atomic E-state index is 5.15. The molecule has 0 saturated carbocycles. The topological polar surface area (TPSA) is 32.5 Å². The summed E-state index contributed by atoms with van der Waals surface area (Å²) in [4.78, 5) is 5.16. The second-order valence-electron chi connectivity index (χ2n) is 5.71. The third kappa shape index (κ3) is 3.57. The van der Waals surface area contributed by atoms with E-state index in [0.29, 0.717) is 6.04 Å². The van der Waals surface area contributed by atoms with Crippen LogP contribution in [0, 0.1) is 6.92 Å². The van der Waals surface area contributed by atoms with Crippen LogP contribution in [-0.4, -0.2) is 46.7 Å². The van der Waals surface area contributed by atoms with E-state index in [9.17, 15) is 0 Å². The lowest BCUT2D eigenvalue weighted by atomic mass is 10.1. The van der Waals surface area contributed by atoms with Crippen molar-refractivity contribution in [2.75, 3.05) is 19.6 Å². The number of nitrogens with zero attached hydrogens (tertiary/aromatic N) is 3. The third-order valence-corrected chi connectivity index (χ3v) is 4.30. The molecule has 1 atom stereocenters. The van der Waals surface area contributed by atoms with E-state index in [0.717, 1.165) is 30.6 Å². The average molecular weight is 265 g/mol. The maximum absolute atomic E-state index is 5.15. The monoisotopic (exact) mass is 265 g/mol. The maximum Gasteiger partial charge on any atom is 0.133 e. The average Bonchev–Trinajstić information content (AvgIpc) is 2.80. The molecule has 4 nitrogen and oxygen atoms in total. The predicted molar refractivity (Wildman–Crippen MR) is 77.1 cm³/mol. The van der Waals surface area contributed by atoms with E-state index < -0.39 is 0 Å². The molecular weight excluding hydrogens is 238 g/mol. The highest BCUT2D eigenvalue weighted by atomic mass is 16.5. The summed E-state index contributed by atoms with van der Waals surface area (Å²) in [6.45, 7) is 13.2. The van der Waals surface area contributed by atoms with Gasteiger partial charge in [0.15, 0.2) is 0 Å². The van der Waals surface area contributed by atoms with Gasteiger partial charge in [-0.2, -0.15) is 0 Å². The lowest BCUT2D eigenvalue weighted by Crippen LogP contribution is -2.54. The summed E-state index contributed by atoms with van der Waals surface area (Å²) >= 11 is 0. The lowest BCUT2D eigenvalue weighted by Gasteiger charge is -2.42. The second kappa shape index (κ2) is 6.53. The molecule has 0 spiro atoms. The van der Waals surface area contributed by atoms with Crippen LogP contribution in [0.15, 0.2) is 10.6 Å². The fourth-order valence-electron chi connectivity index (χ4n) is 3.10. The van der Waals surface area contributed by atoms with E-state index in [-0.39, 0.29) is 0 Å². The fourth-order valence-corrected chi connectivity index (χ4v) is 3.10. The zero-order chi connectivity index (χ0) is 13.8. The van der Waals surface area contributed by atoms with Crippen molar-refractivity contribution in [3.63, 3.8) is 0 Å². The highest BCUT2D eigenvalue weighted by Gasteiger charge is 2.27. The van der Waals surface area contributed by atoms with Crippen LogP contribution in [0.25, 0.3) is 0 Å². The van der Waals surface area contributed by atoms with Crippen LogP contribution in [0.4, 0.5) is 0 Å². The molecule has 1 aromatic heterocycles. The second-order valence-corrected chi connectivity index (χ2v) is 5.71. The smallest absolute Gasteiger partial charge is 0.133 e. The van der Waals surface area contributed by atoms with Crippen LogP contribution >= 0.6 is 0 Å². The Morgan fingerprint density at radius 1 is 1.37 bits per heavy atom. The Morgan fingerprint density at radius 2 is 2.11 bits per heavy atom. The molecule has 1 saturated heterocycles. The van der Waals surface area contributed by atoms with E-state index in [4.69, 9.17) is 4.52 Å². The van der Waals surface area contributed by atoms with E-state index >= 15 is 0 Å². The molecule has 0 amide bonds. The van der Waals surface area contributed by atoms with Gasteiger partial charge in [-0.25, -0.2) is 0 Å². The van der Waals surface area contributed by atoms with Gasteiger partial charge in [-0.05, 0) is 26.7 Å². The zero-order valence-corrected chi connectivity index (χ0v) is 12.7. The lowest BCUT2D eigenvalue weighted by molar-refractivity contribution is 0.0467. The molecular formula is C15H27N3O. The first-order chi connectivity index (χ1) is 9.13.